The maximum Gasteiger partial charge on any atom is 0.217 e. The van der Waals surface area contributed by atoms with Gasteiger partial charge >= 0.3 is 113 Å². The number of halogens is 4. The van der Waals surface area contributed by atoms with E-state index in [9.17, 15) is 0 Å². The fourth-order valence-corrected chi connectivity index (χ4v) is 13.7. The largest absolute Gasteiger partial charge is 0.459 e. The van der Waals surface area contributed by atoms with Crippen LogP contribution in [-0.2, 0) is 75.1 Å². The third kappa shape index (κ3) is 26.0. The Morgan fingerprint density at radius 3 is 1.23 bits per heavy atom. The molecule has 0 spiro atoms. The molecule has 16 nitrogen and oxygen atoms in total. The zero-order chi connectivity index (χ0) is 91.3. The van der Waals surface area contributed by atoms with Crippen LogP contribution < -0.4 is 29.3 Å². The minimum Gasteiger partial charge on any atom is -0.459 e. The topological polar surface area (TPSA) is 182 Å². The van der Waals surface area contributed by atoms with Crippen LogP contribution in [0.1, 0.15) is 0 Å². The molecule has 656 valence electrons. The Morgan fingerprint density at radius 1 is 0.288 bits per heavy atom. The van der Waals surface area contributed by atoms with Crippen molar-refractivity contribution in [1.82, 2.24) is 44.9 Å². The summed E-state index contributed by atoms with van der Waals surface area (Å²) in [4.78, 5) is 42.1. The molecule has 21 rings (SSSR count). The molecule has 0 radical (unpaired) electrons. The van der Waals surface area contributed by atoms with Gasteiger partial charge in [0.05, 0.1) is 23.3 Å². The number of fused-ring (bicyclic) bond motifs is 3. The van der Waals surface area contributed by atoms with E-state index in [0.717, 1.165) is 106 Å². The van der Waals surface area contributed by atoms with Crippen LogP contribution in [0.3, 0.4) is 0 Å². The van der Waals surface area contributed by atoms with Crippen molar-refractivity contribution in [1.29, 1.82) is 0 Å². The first-order valence-corrected chi connectivity index (χ1v) is 51.8. The molecule has 0 atom stereocenters. The van der Waals surface area contributed by atoms with Gasteiger partial charge in [-0.1, -0.05) is 224 Å². The molecule has 11 heterocycles. The summed E-state index contributed by atoms with van der Waals surface area (Å²) in [6, 6.07) is 132. The molecule has 0 saturated carbocycles. The van der Waals surface area contributed by atoms with Gasteiger partial charge in [0.1, 0.15) is 11.2 Å². The quantitative estimate of drug-likeness (QED) is 0.0550. The molecular weight excluding hydrogens is 2450 g/mol. The Bertz CT molecular complexity index is 7030. The van der Waals surface area contributed by atoms with Crippen LogP contribution in [0.4, 0.5) is 5.69 Å². The van der Waals surface area contributed by atoms with Gasteiger partial charge in [-0.15, -0.1) is 100 Å². The number of nitrogens with zero attached hydrogens (tertiary/aromatic N) is 10. The SMILES string of the molecule is [Cl][Pt+].[Cl][Pt+].[Cl][Pt+].[Cl][Pt+].[c-]1c(-c2ccccn2)ccc(-c2ncc(-c3ccccc3)o2)c1Oc1ccccn1.[c-]1c(-c2ccccn2)ccc(B2C=CN(c3ccccc3)C=C2)c1Oc1ccccn1.[c-]1c(Oc2ccccn2)cccc1-c1cccc(-c2ccc(-c3ccccc3)cc2)n1.[c-]1c(Oc2ccccn2)cccc1-c1cccc(-c2ccc3c(c2)oc2ccccc23)n1. The summed E-state index contributed by atoms with van der Waals surface area (Å²) < 4.78 is 35.9. The van der Waals surface area contributed by atoms with Crippen molar-refractivity contribution in [3.05, 3.63) is 456 Å². The van der Waals surface area contributed by atoms with Gasteiger partial charge in [0.15, 0.2) is 18.4 Å². The zero-order valence-electron chi connectivity index (χ0n) is 69.3. The van der Waals surface area contributed by atoms with Crippen LogP contribution in [0.25, 0.3) is 123 Å². The number of aromatic nitrogens is 9. The number of para-hydroxylation sites is 2. The van der Waals surface area contributed by atoms with E-state index in [2.05, 4.69) is 211 Å². The van der Waals surface area contributed by atoms with Crippen molar-refractivity contribution >= 4 is 77.5 Å². The predicted molar refractivity (Wildman–Crippen MR) is 512 cm³/mol. The van der Waals surface area contributed by atoms with Crippen LogP contribution in [0.15, 0.2) is 441 Å². The number of anilines is 1. The molecule has 1 aliphatic heterocycles. The fourth-order valence-electron chi connectivity index (χ4n) is 13.7. The van der Waals surface area contributed by atoms with Gasteiger partial charge in [0.2, 0.25) is 23.5 Å². The van der Waals surface area contributed by atoms with Gasteiger partial charge in [0, 0.05) is 106 Å². The molecule has 25 heteroatoms. The number of pyridine rings is 8. The summed E-state index contributed by atoms with van der Waals surface area (Å²) in [5.41, 5.74) is 18.5. The summed E-state index contributed by atoms with van der Waals surface area (Å²) in [5, 5.41) is 2.23. The van der Waals surface area contributed by atoms with Crippen molar-refractivity contribution in [2.24, 2.45) is 0 Å². The van der Waals surface area contributed by atoms with E-state index >= 15 is 0 Å². The molecule has 0 unspecified atom stereocenters. The minimum atomic E-state index is 0.0627. The van der Waals surface area contributed by atoms with Gasteiger partial charge in [0.25, 0.3) is 0 Å². The summed E-state index contributed by atoms with van der Waals surface area (Å²) in [7, 11) is 18.4. The van der Waals surface area contributed by atoms with Gasteiger partial charge < -0.3 is 42.6 Å². The maximum absolute atomic E-state index is 6.16. The summed E-state index contributed by atoms with van der Waals surface area (Å²) >= 11 is 6.44. The van der Waals surface area contributed by atoms with Crippen LogP contribution >= 0.6 is 37.7 Å². The maximum atomic E-state index is 6.16. The van der Waals surface area contributed by atoms with E-state index in [1.54, 1.807) is 125 Å². The van der Waals surface area contributed by atoms with E-state index in [-0.39, 0.29) is 6.71 Å². The van der Waals surface area contributed by atoms with Crippen LogP contribution in [0, 0.1) is 24.3 Å². The summed E-state index contributed by atoms with van der Waals surface area (Å²) in [6.07, 6.45) is 16.2. The smallest absolute Gasteiger partial charge is 0.217 e. The number of ether oxygens (including phenoxy) is 4. The molecule has 0 saturated heterocycles. The Hall–Kier alpha value is -13.1. The van der Waals surface area contributed by atoms with Gasteiger partial charge in [-0.2, -0.15) is 0 Å². The van der Waals surface area contributed by atoms with E-state index in [1.807, 2.05) is 273 Å². The molecule has 10 aromatic carbocycles. The predicted octanol–water partition coefficient (Wildman–Crippen LogP) is 28.2. The van der Waals surface area contributed by atoms with E-state index < -0.39 is 0 Å². The van der Waals surface area contributed by atoms with Crippen LogP contribution in [-0.4, -0.2) is 51.6 Å². The van der Waals surface area contributed by atoms with Crippen LogP contribution in [0.2, 0.25) is 0 Å². The monoisotopic (exact) mass is 2520 g/mol. The number of hydrogen-bond donors (Lipinski definition) is 0. The van der Waals surface area contributed by atoms with Crippen molar-refractivity contribution in [2.45, 2.75) is 0 Å². The van der Waals surface area contributed by atoms with Crippen LogP contribution in [0.5, 0.6) is 46.5 Å². The minimum absolute atomic E-state index is 0.0627. The second kappa shape index (κ2) is 50.3. The second-order valence-electron chi connectivity index (χ2n) is 28.1. The van der Waals surface area contributed by atoms with Crippen molar-refractivity contribution in [2.75, 3.05) is 4.90 Å². The standard InChI is InChI=1S/C28H17N2O2.C28H19N2O.C26H19BN3O.C25H16N3O2.4ClH.4Pt/c1-2-12-26-22(9-1)23-15-14-20(18-27(23)32-26)25-11-6-10-24(30-25)19-7-5-8-21(17-19)31-28-13-3-4-16-29-28;1-2-8-21(9-3-1)22-15-17-23(18-16-22)26-12-7-13-27(30-26)24-10-6-11-25(20-24)31-28-14-4-5-19-29-28;1-2-8-22(9-3-1)30-18-14-27(15-19-30)23-13-12-21(24-10-4-6-16-28-24)20-25(23)31-26-11-5-7-17-29-26;1-2-8-18(9-3-1)23-17-28-25(30-23)20-13-12-19(21-10-4-6-14-26-21)16-22(20)29-24-11-5-7-15-27-24;;;;;;;;/h1-16,18H;2*1-19H;1-15,17H;4*1H;;;;/q4*-1;;;;;4*+2/p-4. The number of oxazole rings is 1. The molecule has 132 heavy (non-hydrogen) atoms. The van der Waals surface area contributed by atoms with Gasteiger partial charge in [-0.25, -0.2) is 24.9 Å². The molecule has 10 aromatic heterocycles. The number of hydrogen-bond acceptors (Lipinski definition) is 16. The Morgan fingerprint density at radius 2 is 0.697 bits per heavy atom. The first kappa shape index (κ1) is 95.0. The molecular formula is C107H71BCl4N10O6Pt4. The first-order valence-electron chi connectivity index (χ1n) is 40.5. The zero-order valence-corrected chi connectivity index (χ0v) is 81.4. The molecule has 0 N–H and O–H groups in total. The molecule has 0 aliphatic carbocycles. The van der Waals surface area contributed by atoms with E-state index in [1.165, 1.54) is 11.1 Å². The molecule has 20 aromatic rings. The summed E-state index contributed by atoms with van der Waals surface area (Å²) in [6.45, 7) is 0.0627. The second-order valence-corrected chi connectivity index (χ2v) is 28.1. The van der Waals surface area contributed by atoms with E-state index in [0.29, 0.717) is 63.7 Å². The number of rotatable bonds is 19. The fraction of sp³-hybridized carbons (Fsp3) is 0. The molecule has 0 bridgehead atoms. The van der Waals surface area contributed by atoms with Crippen molar-refractivity contribution < 1.29 is 103 Å². The molecule has 0 fully saturated rings. The Kier molecular flexibility index (Phi) is 36.2. The third-order valence-electron chi connectivity index (χ3n) is 19.8. The average Bonchev–Trinajstić information content (AvgIpc) is 1.60. The van der Waals surface area contributed by atoms with E-state index in [4.69, 9.17) is 37.7 Å². The van der Waals surface area contributed by atoms with Gasteiger partial charge in [-0.05, 0) is 136 Å². The Balaban J connectivity index is 0.000000138. The first-order chi connectivity index (χ1) is 65.4. The third-order valence-corrected chi connectivity index (χ3v) is 19.8. The molecule has 1 aliphatic rings. The normalized spacial score (nSPS) is 10.8. The number of furan rings is 1. The van der Waals surface area contributed by atoms with Crippen molar-refractivity contribution in [3.63, 3.8) is 0 Å². The summed E-state index contributed by atoms with van der Waals surface area (Å²) in [5.74, 6) is 9.82. The number of benzene rings is 10. The van der Waals surface area contributed by atoms with Gasteiger partial charge in [-0.3, -0.25) is 9.97 Å². The van der Waals surface area contributed by atoms with Crippen molar-refractivity contribution in [3.8, 4) is 148 Å². The Labute approximate surface area is 825 Å². The average molecular weight is 2530 g/mol. The molecule has 0 amide bonds.